The van der Waals surface area contributed by atoms with E-state index >= 15 is 0 Å². The highest BCUT2D eigenvalue weighted by atomic mass is 15.4. The molecular formula is C20H29N3. The smallest absolute Gasteiger partial charge is 0.0385 e. The first kappa shape index (κ1) is 17.5. The van der Waals surface area contributed by atoms with Crippen molar-refractivity contribution in [3.05, 3.63) is 65.2 Å². The molecule has 0 bridgehead atoms. The van der Waals surface area contributed by atoms with E-state index in [-0.39, 0.29) is 0 Å². The molecule has 1 aliphatic rings. The maximum atomic E-state index is 6.08. The molecule has 1 atom stereocenters. The summed E-state index contributed by atoms with van der Waals surface area (Å²) < 4.78 is 0. The van der Waals surface area contributed by atoms with Crippen molar-refractivity contribution in [2.75, 3.05) is 5.73 Å². The van der Waals surface area contributed by atoms with Gasteiger partial charge in [-0.15, -0.1) is 0 Å². The van der Waals surface area contributed by atoms with Gasteiger partial charge >= 0.3 is 0 Å². The zero-order valence-electron chi connectivity index (χ0n) is 14.5. The third kappa shape index (κ3) is 5.38. The van der Waals surface area contributed by atoms with Crippen LogP contribution in [0.3, 0.4) is 0 Å². The summed E-state index contributed by atoms with van der Waals surface area (Å²) in [5.41, 5.74) is 10.7. The Balaban J connectivity index is 0.000000229. The van der Waals surface area contributed by atoms with Crippen LogP contribution < -0.4 is 11.6 Å². The van der Waals surface area contributed by atoms with Crippen LogP contribution in [0.5, 0.6) is 0 Å². The Bertz CT molecular complexity index is 608. The lowest BCUT2D eigenvalue weighted by Crippen LogP contribution is -2.45. The first-order valence-electron chi connectivity index (χ1n) is 8.36. The first-order valence-corrected chi connectivity index (χ1v) is 8.36. The summed E-state index contributed by atoms with van der Waals surface area (Å²) in [6.07, 6.45) is 2.17. The Kier molecular flexibility index (Phi) is 6.20. The molecule has 124 valence electrons. The van der Waals surface area contributed by atoms with Crippen molar-refractivity contribution < 1.29 is 0 Å². The summed E-state index contributed by atoms with van der Waals surface area (Å²) in [6.45, 7) is 7.40. The summed E-state index contributed by atoms with van der Waals surface area (Å²) in [4.78, 5) is 0. The Morgan fingerprint density at radius 1 is 1.09 bits per heavy atom. The fourth-order valence-electron chi connectivity index (χ4n) is 2.98. The maximum Gasteiger partial charge on any atom is 0.0385 e. The summed E-state index contributed by atoms with van der Waals surface area (Å²) in [6, 6.07) is 16.9. The van der Waals surface area contributed by atoms with Gasteiger partial charge in [-0.1, -0.05) is 55.8 Å². The van der Waals surface area contributed by atoms with Crippen LogP contribution in [-0.2, 0) is 13.0 Å². The second-order valence-electron chi connectivity index (χ2n) is 6.84. The van der Waals surface area contributed by atoms with E-state index in [9.17, 15) is 0 Å². The molecule has 0 saturated carbocycles. The van der Waals surface area contributed by atoms with Crippen molar-refractivity contribution in [2.24, 2.45) is 11.8 Å². The van der Waals surface area contributed by atoms with Gasteiger partial charge in [-0.05, 0) is 48.9 Å². The molecule has 2 aromatic rings. The van der Waals surface area contributed by atoms with Crippen molar-refractivity contribution in [3.63, 3.8) is 0 Å². The van der Waals surface area contributed by atoms with E-state index in [2.05, 4.69) is 45.0 Å². The molecule has 3 heteroatoms. The third-order valence-electron chi connectivity index (χ3n) is 4.19. The monoisotopic (exact) mass is 311 g/mol. The number of hydrogen-bond donors (Lipinski definition) is 2. The Morgan fingerprint density at radius 2 is 1.78 bits per heavy atom. The van der Waals surface area contributed by atoms with Crippen LogP contribution in [0.1, 0.15) is 37.0 Å². The molecular weight excluding hydrogens is 282 g/mol. The molecule has 0 spiro atoms. The topological polar surface area (TPSA) is 55.3 Å². The normalized spacial score (nSPS) is 17.3. The van der Waals surface area contributed by atoms with Crippen LogP contribution in [0.25, 0.3) is 0 Å². The molecule has 0 amide bonds. The van der Waals surface area contributed by atoms with Gasteiger partial charge in [0.15, 0.2) is 0 Å². The highest BCUT2D eigenvalue weighted by molar-refractivity contribution is 5.45. The first-order chi connectivity index (χ1) is 11.0. The number of fused-ring (bicyclic) bond motifs is 1. The minimum Gasteiger partial charge on any atom is -0.399 e. The average molecular weight is 311 g/mol. The molecule has 3 nitrogen and oxygen atoms in total. The Morgan fingerprint density at radius 3 is 2.35 bits per heavy atom. The number of rotatable bonds is 2. The average Bonchev–Trinajstić information content (AvgIpc) is 2.49. The van der Waals surface area contributed by atoms with Crippen LogP contribution >= 0.6 is 0 Å². The van der Waals surface area contributed by atoms with Gasteiger partial charge < -0.3 is 5.73 Å². The number of nitrogens with two attached hydrogens (primary N) is 2. The molecule has 0 fully saturated rings. The fraction of sp³-hybridized carbons (Fsp3) is 0.400. The van der Waals surface area contributed by atoms with Crippen LogP contribution in [0, 0.1) is 12.8 Å². The van der Waals surface area contributed by atoms with E-state index in [0.717, 1.165) is 25.1 Å². The highest BCUT2D eigenvalue weighted by Gasteiger charge is 2.24. The van der Waals surface area contributed by atoms with E-state index in [1.165, 1.54) is 16.7 Å². The van der Waals surface area contributed by atoms with Gasteiger partial charge in [0.1, 0.15) is 0 Å². The second-order valence-corrected chi connectivity index (χ2v) is 6.84. The number of hydrogen-bond acceptors (Lipinski definition) is 3. The zero-order valence-corrected chi connectivity index (χ0v) is 14.5. The molecule has 0 aliphatic carbocycles. The predicted octanol–water partition coefficient (Wildman–Crippen LogP) is 3.91. The number of hydrazine groups is 1. The SMILES string of the molecule is CC(C)CC1Cc2cc(N)ccc2CN1N.Cc1ccccc1. The van der Waals surface area contributed by atoms with Crippen molar-refractivity contribution in [1.82, 2.24) is 5.01 Å². The molecule has 3 rings (SSSR count). The molecule has 1 unspecified atom stereocenters. The van der Waals surface area contributed by atoms with Gasteiger partial charge in [-0.2, -0.15) is 0 Å². The quantitative estimate of drug-likeness (QED) is 0.653. The number of nitrogen functional groups attached to an aromatic ring is 1. The molecule has 1 heterocycles. The lowest BCUT2D eigenvalue weighted by Gasteiger charge is -2.34. The van der Waals surface area contributed by atoms with E-state index < -0.39 is 0 Å². The van der Waals surface area contributed by atoms with Crippen molar-refractivity contribution in [3.8, 4) is 0 Å². The lowest BCUT2D eigenvalue weighted by molar-refractivity contribution is 0.153. The van der Waals surface area contributed by atoms with Gasteiger partial charge in [0.2, 0.25) is 0 Å². The van der Waals surface area contributed by atoms with Crippen molar-refractivity contribution in [1.29, 1.82) is 0 Å². The molecule has 4 N–H and O–H groups in total. The molecule has 0 aromatic heterocycles. The number of anilines is 1. The molecule has 1 aliphatic heterocycles. The summed E-state index contributed by atoms with van der Waals surface area (Å²) in [7, 11) is 0. The van der Waals surface area contributed by atoms with E-state index in [4.69, 9.17) is 11.6 Å². The molecule has 2 aromatic carbocycles. The van der Waals surface area contributed by atoms with Crippen LogP contribution in [-0.4, -0.2) is 11.1 Å². The fourth-order valence-corrected chi connectivity index (χ4v) is 2.98. The van der Waals surface area contributed by atoms with Gasteiger partial charge in [0.05, 0.1) is 0 Å². The standard InChI is InChI=1S/C13H21N3.C7H8/c1-9(2)5-13-7-11-6-12(14)4-3-10(11)8-16(13)15;1-7-5-3-2-4-6-7/h3-4,6,9,13H,5,7-8,14-15H2,1-2H3;2-6H,1H3. The molecule has 0 radical (unpaired) electrons. The maximum absolute atomic E-state index is 6.08. The number of benzene rings is 2. The van der Waals surface area contributed by atoms with Gasteiger partial charge in [0, 0.05) is 18.3 Å². The van der Waals surface area contributed by atoms with Crippen LogP contribution in [0.4, 0.5) is 5.69 Å². The Hall–Kier alpha value is -1.84. The minimum absolute atomic E-state index is 0.453. The lowest BCUT2D eigenvalue weighted by atomic mass is 9.90. The Labute approximate surface area is 140 Å². The number of aryl methyl sites for hydroxylation is 1. The van der Waals surface area contributed by atoms with E-state index in [1.807, 2.05) is 29.3 Å². The van der Waals surface area contributed by atoms with Crippen molar-refractivity contribution >= 4 is 5.69 Å². The van der Waals surface area contributed by atoms with Crippen LogP contribution in [0.2, 0.25) is 0 Å². The third-order valence-corrected chi connectivity index (χ3v) is 4.19. The highest BCUT2D eigenvalue weighted by Crippen LogP contribution is 2.26. The van der Waals surface area contributed by atoms with Gasteiger partial charge in [-0.3, -0.25) is 5.84 Å². The zero-order chi connectivity index (χ0) is 16.8. The molecule has 23 heavy (non-hydrogen) atoms. The van der Waals surface area contributed by atoms with Gasteiger partial charge in [-0.25, -0.2) is 5.01 Å². The van der Waals surface area contributed by atoms with Crippen molar-refractivity contribution in [2.45, 2.75) is 46.2 Å². The van der Waals surface area contributed by atoms with Gasteiger partial charge in [0.25, 0.3) is 0 Å². The molecule has 0 saturated heterocycles. The predicted molar refractivity (Wildman–Crippen MR) is 98.7 cm³/mol. The van der Waals surface area contributed by atoms with E-state index in [0.29, 0.717) is 12.0 Å². The summed E-state index contributed by atoms with van der Waals surface area (Å²) in [5, 5.41) is 1.97. The number of nitrogens with zero attached hydrogens (tertiary/aromatic N) is 1. The van der Waals surface area contributed by atoms with E-state index in [1.54, 1.807) is 0 Å². The largest absolute Gasteiger partial charge is 0.399 e. The minimum atomic E-state index is 0.453. The summed E-state index contributed by atoms with van der Waals surface area (Å²) >= 11 is 0. The second kappa shape index (κ2) is 8.14. The summed E-state index contributed by atoms with van der Waals surface area (Å²) in [5.74, 6) is 6.76. The van der Waals surface area contributed by atoms with Crippen LogP contribution in [0.15, 0.2) is 48.5 Å².